The third-order valence-corrected chi connectivity index (χ3v) is 3.56. The molecule has 1 aromatic carbocycles. The van der Waals surface area contributed by atoms with Crippen molar-refractivity contribution in [2.24, 2.45) is 0 Å². The van der Waals surface area contributed by atoms with Crippen LogP contribution in [-0.4, -0.2) is 38.2 Å². The molecule has 0 radical (unpaired) electrons. The number of rotatable bonds is 6. The molecule has 5 heteroatoms. The van der Waals surface area contributed by atoms with E-state index in [1.807, 2.05) is 18.2 Å². The number of hydrogen-bond donors (Lipinski definition) is 1. The maximum absolute atomic E-state index is 11.5. The molecule has 20 heavy (non-hydrogen) atoms. The van der Waals surface area contributed by atoms with Crippen LogP contribution in [0.25, 0.3) is 0 Å². The first-order valence-electron chi connectivity index (χ1n) is 6.98. The summed E-state index contributed by atoms with van der Waals surface area (Å²) in [5, 5.41) is 2.83. The Morgan fingerprint density at radius 2 is 2.20 bits per heavy atom. The van der Waals surface area contributed by atoms with E-state index >= 15 is 0 Å². The minimum Gasteiger partial charge on any atom is -0.493 e. The highest BCUT2D eigenvalue weighted by molar-refractivity contribution is 5.77. The van der Waals surface area contributed by atoms with Crippen LogP contribution in [0.3, 0.4) is 0 Å². The van der Waals surface area contributed by atoms with Crippen molar-refractivity contribution in [2.75, 3.05) is 27.3 Å². The molecule has 0 bridgehead atoms. The fourth-order valence-corrected chi connectivity index (χ4v) is 2.27. The van der Waals surface area contributed by atoms with Crippen molar-refractivity contribution in [1.82, 2.24) is 10.2 Å². The second kappa shape index (κ2) is 6.50. The van der Waals surface area contributed by atoms with Crippen molar-refractivity contribution in [3.05, 3.63) is 23.8 Å². The van der Waals surface area contributed by atoms with E-state index in [2.05, 4.69) is 12.2 Å². The number of carbonyl (C=O) groups excluding carboxylic acids is 1. The smallest absolute Gasteiger partial charge is 0.317 e. The molecule has 1 fully saturated rings. The third kappa shape index (κ3) is 2.98. The van der Waals surface area contributed by atoms with Gasteiger partial charge < -0.3 is 19.7 Å². The Kier molecular flexibility index (Phi) is 4.71. The molecule has 1 aliphatic heterocycles. The molecule has 1 atom stereocenters. The Bertz CT molecular complexity index is 476. The van der Waals surface area contributed by atoms with E-state index in [1.165, 1.54) is 0 Å². The van der Waals surface area contributed by atoms with E-state index in [0.717, 1.165) is 29.9 Å². The Morgan fingerprint density at radius 3 is 2.80 bits per heavy atom. The van der Waals surface area contributed by atoms with Gasteiger partial charge in [-0.3, -0.25) is 0 Å². The largest absolute Gasteiger partial charge is 0.493 e. The standard InChI is InChI=1S/C15H22N2O3/c1-4-5-8-20-14-9-11(6-7-13(14)19-3)12-10-16-15(18)17(12)2/h6-7,9,12H,4-5,8,10H2,1-3H3,(H,16,18). The molecule has 2 rings (SSSR count). The maximum atomic E-state index is 11.5. The number of nitrogens with zero attached hydrogens (tertiary/aromatic N) is 1. The van der Waals surface area contributed by atoms with E-state index in [4.69, 9.17) is 9.47 Å². The van der Waals surface area contributed by atoms with E-state index in [-0.39, 0.29) is 12.1 Å². The number of urea groups is 1. The summed E-state index contributed by atoms with van der Waals surface area (Å²) in [6.07, 6.45) is 2.10. The topological polar surface area (TPSA) is 50.8 Å². The van der Waals surface area contributed by atoms with E-state index in [1.54, 1.807) is 19.1 Å². The summed E-state index contributed by atoms with van der Waals surface area (Å²) in [5.74, 6) is 1.47. The average molecular weight is 278 g/mol. The van der Waals surface area contributed by atoms with Crippen LogP contribution in [0, 0.1) is 0 Å². The molecule has 1 N–H and O–H groups in total. The zero-order valence-electron chi connectivity index (χ0n) is 12.3. The number of hydrogen-bond acceptors (Lipinski definition) is 3. The molecule has 0 spiro atoms. The van der Waals surface area contributed by atoms with Gasteiger partial charge in [0.05, 0.1) is 19.8 Å². The molecular formula is C15H22N2O3. The predicted molar refractivity (Wildman–Crippen MR) is 77.3 cm³/mol. The molecule has 1 unspecified atom stereocenters. The summed E-state index contributed by atoms with van der Waals surface area (Å²) in [7, 11) is 3.43. The molecule has 1 aliphatic rings. The fraction of sp³-hybridized carbons (Fsp3) is 0.533. The van der Waals surface area contributed by atoms with Gasteiger partial charge in [-0.1, -0.05) is 19.4 Å². The highest BCUT2D eigenvalue weighted by atomic mass is 16.5. The lowest BCUT2D eigenvalue weighted by Gasteiger charge is -2.20. The predicted octanol–water partition coefficient (Wildman–Crippen LogP) is 2.57. The Hall–Kier alpha value is -1.91. The van der Waals surface area contributed by atoms with E-state index < -0.39 is 0 Å². The summed E-state index contributed by atoms with van der Waals surface area (Å²) in [4.78, 5) is 13.2. The number of likely N-dealkylation sites (N-methyl/N-ethyl adjacent to an activating group) is 1. The summed E-state index contributed by atoms with van der Waals surface area (Å²) >= 11 is 0. The molecule has 1 aromatic rings. The van der Waals surface area contributed by atoms with Crippen LogP contribution in [0.1, 0.15) is 31.4 Å². The quantitative estimate of drug-likeness (QED) is 0.814. The molecule has 0 aromatic heterocycles. The number of ether oxygens (including phenoxy) is 2. The highest BCUT2D eigenvalue weighted by Crippen LogP contribution is 2.33. The van der Waals surface area contributed by atoms with Crippen molar-refractivity contribution >= 4 is 6.03 Å². The Labute approximate surface area is 119 Å². The second-order valence-electron chi connectivity index (χ2n) is 4.93. The third-order valence-electron chi connectivity index (χ3n) is 3.56. The Balaban J connectivity index is 2.18. The zero-order chi connectivity index (χ0) is 14.5. The number of unbranched alkanes of at least 4 members (excludes halogenated alkanes) is 1. The van der Waals surface area contributed by atoms with Crippen LogP contribution >= 0.6 is 0 Å². The van der Waals surface area contributed by atoms with Gasteiger partial charge in [0.1, 0.15) is 0 Å². The number of benzene rings is 1. The van der Waals surface area contributed by atoms with Gasteiger partial charge in [0.2, 0.25) is 0 Å². The average Bonchev–Trinajstić information content (AvgIpc) is 2.79. The minimum atomic E-state index is -0.0423. The van der Waals surface area contributed by atoms with Crippen molar-refractivity contribution in [3.63, 3.8) is 0 Å². The first-order valence-corrected chi connectivity index (χ1v) is 6.98. The van der Waals surface area contributed by atoms with Crippen molar-refractivity contribution in [3.8, 4) is 11.5 Å². The van der Waals surface area contributed by atoms with Crippen LogP contribution in [0.15, 0.2) is 18.2 Å². The van der Waals surface area contributed by atoms with Gasteiger partial charge in [-0.15, -0.1) is 0 Å². The van der Waals surface area contributed by atoms with Crippen LogP contribution in [0.5, 0.6) is 11.5 Å². The molecular weight excluding hydrogens is 256 g/mol. The summed E-state index contributed by atoms with van der Waals surface area (Å²) in [6.45, 7) is 3.42. The normalized spacial score (nSPS) is 18.1. The molecule has 2 amide bonds. The first kappa shape index (κ1) is 14.5. The highest BCUT2D eigenvalue weighted by Gasteiger charge is 2.29. The van der Waals surface area contributed by atoms with Crippen molar-refractivity contribution < 1.29 is 14.3 Å². The van der Waals surface area contributed by atoms with Crippen LogP contribution in [0.4, 0.5) is 4.79 Å². The fourth-order valence-electron chi connectivity index (χ4n) is 2.27. The summed E-state index contributed by atoms with van der Waals surface area (Å²) in [5.41, 5.74) is 1.05. The van der Waals surface area contributed by atoms with E-state index in [9.17, 15) is 4.79 Å². The van der Waals surface area contributed by atoms with Gasteiger partial charge in [0.25, 0.3) is 0 Å². The summed E-state index contributed by atoms with van der Waals surface area (Å²) < 4.78 is 11.1. The molecule has 0 saturated carbocycles. The van der Waals surface area contributed by atoms with Crippen LogP contribution in [-0.2, 0) is 0 Å². The Morgan fingerprint density at radius 1 is 1.40 bits per heavy atom. The zero-order valence-corrected chi connectivity index (χ0v) is 12.3. The molecule has 110 valence electrons. The lowest BCUT2D eigenvalue weighted by Crippen LogP contribution is -2.25. The molecule has 1 heterocycles. The number of amides is 2. The lowest BCUT2D eigenvalue weighted by molar-refractivity contribution is 0.216. The molecule has 0 aliphatic carbocycles. The van der Waals surface area contributed by atoms with Gasteiger partial charge in [-0.25, -0.2) is 4.79 Å². The van der Waals surface area contributed by atoms with Gasteiger partial charge in [-0.2, -0.15) is 0 Å². The SMILES string of the molecule is CCCCOc1cc(C2CNC(=O)N2C)ccc1OC. The minimum absolute atomic E-state index is 0.0423. The van der Waals surface area contributed by atoms with Gasteiger partial charge in [0, 0.05) is 13.6 Å². The van der Waals surface area contributed by atoms with Crippen molar-refractivity contribution in [2.45, 2.75) is 25.8 Å². The van der Waals surface area contributed by atoms with Gasteiger partial charge >= 0.3 is 6.03 Å². The van der Waals surface area contributed by atoms with Gasteiger partial charge in [-0.05, 0) is 24.1 Å². The van der Waals surface area contributed by atoms with Crippen LogP contribution < -0.4 is 14.8 Å². The molecule has 1 saturated heterocycles. The van der Waals surface area contributed by atoms with Crippen molar-refractivity contribution in [1.29, 1.82) is 0 Å². The number of methoxy groups -OCH3 is 1. The van der Waals surface area contributed by atoms with Crippen LogP contribution in [0.2, 0.25) is 0 Å². The number of carbonyl (C=O) groups is 1. The lowest BCUT2D eigenvalue weighted by atomic mass is 10.1. The maximum Gasteiger partial charge on any atom is 0.317 e. The second-order valence-corrected chi connectivity index (χ2v) is 4.93. The van der Waals surface area contributed by atoms with E-state index in [0.29, 0.717) is 13.2 Å². The first-order chi connectivity index (χ1) is 9.67. The monoisotopic (exact) mass is 278 g/mol. The summed E-state index contributed by atoms with van der Waals surface area (Å²) in [6, 6.07) is 5.84. The van der Waals surface area contributed by atoms with Gasteiger partial charge in [0.15, 0.2) is 11.5 Å². The molecule has 5 nitrogen and oxygen atoms in total. The number of nitrogens with one attached hydrogen (secondary N) is 1.